The first-order valence-electron chi connectivity index (χ1n) is 11.3. The minimum atomic E-state index is 0.268. The zero-order valence-corrected chi connectivity index (χ0v) is 17.6. The van der Waals surface area contributed by atoms with Crippen molar-refractivity contribution in [2.24, 2.45) is 5.92 Å². The van der Waals surface area contributed by atoms with Gasteiger partial charge in [0.05, 0.1) is 11.0 Å². The Labute approximate surface area is 164 Å². The van der Waals surface area contributed by atoms with Crippen LogP contribution in [0.1, 0.15) is 89.4 Å². The van der Waals surface area contributed by atoms with E-state index in [-0.39, 0.29) is 5.41 Å². The highest BCUT2D eigenvalue weighted by Crippen LogP contribution is 2.41. The van der Waals surface area contributed by atoms with E-state index in [0.29, 0.717) is 11.8 Å². The predicted molar refractivity (Wildman–Crippen MR) is 114 cm³/mol. The van der Waals surface area contributed by atoms with Crippen molar-refractivity contribution in [2.75, 3.05) is 19.6 Å². The van der Waals surface area contributed by atoms with Crippen molar-refractivity contribution in [1.82, 2.24) is 14.9 Å². The van der Waals surface area contributed by atoms with Crippen molar-refractivity contribution in [2.45, 2.75) is 83.5 Å². The summed E-state index contributed by atoms with van der Waals surface area (Å²) in [4.78, 5) is 11.2. The molecule has 2 aliphatic rings. The Morgan fingerprint density at radius 3 is 2.78 bits per heavy atom. The molecule has 2 fully saturated rings. The second-order valence-corrected chi connectivity index (χ2v) is 9.41. The third-order valence-electron chi connectivity index (χ3n) is 7.55. The number of aromatic nitrogens is 2. The van der Waals surface area contributed by atoms with Crippen LogP contribution in [0.2, 0.25) is 0 Å². The van der Waals surface area contributed by atoms with Crippen LogP contribution in [-0.2, 0) is 5.41 Å². The van der Waals surface area contributed by atoms with Crippen molar-refractivity contribution in [3.63, 3.8) is 0 Å². The molecule has 1 aromatic heterocycles. The van der Waals surface area contributed by atoms with E-state index < -0.39 is 0 Å². The number of unbranched alkanes of at least 4 members (excludes halogenated alkanes) is 3. The first kappa shape index (κ1) is 19.0. The summed E-state index contributed by atoms with van der Waals surface area (Å²) in [5.41, 5.74) is 4.14. The topological polar surface area (TPSA) is 31.9 Å². The van der Waals surface area contributed by atoms with Gasteiger partial charge in [0.1, 0.15) is 5.82 Å². The number of nitrogens with zero attached hydrogens (tertiary/aromatic N) is 2. The van der Waals surface area contributed by atoms with Gasteiger partial charge in [0.2, 0.25) is 0 Å². The van der Waals surface area contributed by atoms with Crippen LogP contribution in [0.4, 0.5) is 0 Å². The van der Waals surface area contributed by atoms with Crippen molar-refractivity contribution in [3.05, 3.63) is 29.6 Å². The Bertz CT molecular complexity index is 760. The highest BCUT2D eigenvalue weighted by molar-refractivity contribution is 5.76. The smallest absolute Gasteiger partial charge is 0.110 e. The fourth-order valence-electron chi connectivity index (χ4n) is 4.97. The Balaban J connectivity index is 1.45. The van der Waals surface area contributed by atoms with Crippen LogP contribution in [0.5, 0.6) is 0 Å². The number of benzene rings is 1. The number of fused-ring (bicyclic) bond motifs is 1. The van der Waals surface area contributed by atoms with Crippen molar-refractivity contribution in [3.8, 4) is 0 Å². The van der Waals surface area contributed by atoms with Crippen LogP contribution in [0.3, 0.4) is 0 Å². The largest absolute Gasteiger partial charge is 0.342 e. The maximum absolute atomic E-state index is 4.95. The SMILES string of the molecule is CCCCCCN1CC[C@](C)(c2ccc3[nH]c(C4CCC4)nc3c2)[C@@H](C)C1. The molecule has 0 bridgehead atoms. The summed E-state index contributed by atoms with van der Waals surface area (Å²) in [5, 5.41) is 0. The molecule has 1 aromatic carbocycles. The highest BCUT2D eigenvalue weighted by Gasteiger charge is 2.38. The van der Waals surface area contributed by atoms with E-state index in [1.54, 1.807) is 0 Å². The third kappa shape index (κ3) is 3.81. The summed E-state index contributed by atoms with van der Waals surface area (Å²) >= 11 is 0. The normalized spacial score (nSPS) is 27.1. The van der Waals surface area contributed by atoms with Crippen LogP contribution in [0, 0.1) is 5.92 Å². The van der Waals surface area contributed by atoms with Crippen LogP contribution in [0.15, 0.2) is 18.2 Å². The van der Waals surface area contributed by atoms with Gasteiger partial charge < -0.3 is 9.88 Å². The molecular weight excluding hydrogens is 330 g/mol. The van der Waals surface area contributed by atoms with E-state index in [4.69, 9.17) is 4.98 Å². The lowest BCUT2D eigenvalue weighted by Crippen LogP contribution is -2.47. The van der Waals surface area contributed by atoms with E-state index >= 15 is 0 Å². The number of likely N-dealkylation sites (tertiary alicyclic amines) is 1. The summed E-state index contributed by atoms with van der Waals surface area (Å²) < 4.78 is 0. The molecule has 0 spiro atoms. The number of aromatic amines is 1. The number of hydrogen-bond acceptors (Lipinski definition) is 2. The zero-order valence-electron chi connectivity index (χ0n) is 17.6. The van der Waals surface area contributed by atoms with E-state index in [9.17, 15) is 0 Å². The molecule has 0 unspecified atom stereocenters. The molecule has 4 rings (SSSR count). The van der Waals surface area contributed by atoms with Gasteiger partial charge in [-0.1, -0.05) is 52.5 Å². The molecule has 1 aliphatic heterocycles. The van der Waals surface area contributed by atoms with Crippen LogP contribution in [-0.4, -0.2) is 34.5 Å². The fourth-order valence-corrected chi connectivity index (χ4v) is 4.97. The second-order valence-electron chi connectivity index (χ2n) is 9.41. The van der Waals surface area contributed by atoms with Crippen molar-refractivity contribution < 1.29 is 0 Å². The summed E-state index contributed by atoms with van der Waals surface area (Å²) in [7, 11) is 0. The van der Waals surface area contributed by atoms with Crippen molar-refractivity contribution >= 4 is 11.0 Å². The molecule has 2 heterocycles. The molecule has 0 amide bonds. The first-order valence-corrected chi connectivity index (χ1v) is 11.3. The molecule has 1 aliphatic carbocycles. The molecule has 3 heteroatoms. The maximum atomic E-state index is 4.95. The van der Waals surface area contributed by atoms with Gasteiger partial charge in [-0.3, -0.25) is 0 Å². The van der Waals surface area contributed by atoms with E-state index in [0.717, 1.165) is 0 Å². The zero-order chi connectivity index (χ0) is 18.9. The predicted octanol–water partition coefficient (Wildman–Crippen LogP) is 6.01. The third-order valence-corrected chi connectivity index (χ3v) is 7.55. The molecule has 3 nitrogen and oxygen atoms in total. The van der Waals surface area contributed by atoms with Crippen LogP contribution < -0.4 is 0 Å². The van der Waals surface area contributed by atoms with Gasteiger partial charge >= 0.3 is 0 Å². The minimum absolute atomic E-state index is 0.268. The first-order chi connectivity index (χ1) is 13.1. The quantitative estimate of drug-likeness (QED) is 0.608. The molecular formula is C24H37N3. The highest BCUT2D eigenvalue weighted by atomic mass is 15.1. The molecule has 2 atom stereocenters. The Morgan fingerprint density at radius 1 is 1.22 bits per heavy atom. The number of H-pyrrole nitrogens is 1. The van der Waals surface area contributed by atoms with Gasteiger partial charge in [0.25, 0.3) is 0 Å². The average molecular weight is 368 g/mol. The lowest BCUT2D eigenvalue weighted by molar-refractivity contribution is 0.109. The van der Waals surface area contributed by atoms with Gasteiger partial charge in [-0.15, -0.1) is 0 Å². The lowest BCUT2D eigenvalue weighted by Gasteiger charge is -2.45. The molecule has 1 saturated carbocycles. The number of nitrogens with one attached hydrogen (secondary N) is 1. The molecule has 27 heavy (non-hydrogen) atoms. The summed E-state index contributed by atoms with van der Waals surface area (Å²) in [6, 6.07) is 7.01. The molecule has 1 saturated heterocycles. The molecule has 1 N–H and O–H groups in total. The number of imidazole rings is 1. The standard InChI is InChI=1S/C24H37N3/c1-4-5-6-7-14-27-15-13-24(3,18(2)17-27)20-11-12-21-22(16-20)26-23(25-21)19-9-8-10-19/h11-12,16,18-19H,4-10,13-15,17H2,1-3H3,(H,25,26)/t18-,24-/m0/s1. The summed E-state index contributed by atoms with van der Waals surface area (Å²) in [6.45, 7) is 11.0. The number of hydrogen-bond donors (Lipinski definition) is 1. The van der Waals surface area contributed by atoms with Crippen LogP contribution in [0.25, 0.3) is 11.0 Å². The van der Waals surface area contributed by atoms with Gasteiger partial charge in [-0.25, -0.2) is 4.98 Å². The van der Waals surface area contributed by atoms with E-state index in [1.165, 1.54) is 93.4 Å². The Hall–Kier alpha value is -1.35. The van der Waals surface area contributed by atoms with Crippen molar-refractivity contribution in [1.29, 1.82) is 0 Å². The number of rotatable bonds is 7. The monoisotopic (exact) mass is 367 g/mol. The molecule has 148 valence electrons. The summed E-state index contributed by atoms with van der Waals surface area (Å²) in [5.74, 6) is 2.57. The lowest BCUT2D eigenvalue weighted by atomic mass is 9.68. The van der Waals surface area contributed by atoms with Gasteiger partial charge in [-0.05, 0) is 67.8 Å². The summed E-state index contributed by atoms with van der Waals surface area (Å²) in [6.07, 6.45) is 10.7. The van der Waals surface area contributed by atoms with Gasteiger partial charge in [-0.2, -0.15) is 0 Å². The fraction of sp³-hybridized carbons (Fsp3) is 0.708. The second kappa shape index (κ2) is 7.95. The van der Waals surface area contributed by atoms with E-state index in [2.05, 4.69) is 48.9 Å². The Kier molecular flexibility index (Phi) is 5.59. The van der Waals surface area contributed by atoms with Crippen LogP contribution >= 0.6 is 0 Å². The number of piperidine rings is 1. The molecule has 0 radical (unpaired) electrons. The maximum Gasteiger partial charge on any atom is 0.110 e. The van der Waals surface area contributed by atoms with Gasteiger partial charge in [0.15, 0.2) is 0 Å². The average Bonchev–Trinajstić information content (AvgIpc) is 3.02. The van der Waals surface area contributed by atoms with E-state index in [1.807, 2.05) is 0 Å². The Morgan fingerprint density at radius 2 is 2.07 bits per heavy atom. The van der Waals surface area contributed by atoms with Gasteiger partial charge in [0, 0.05) is 12.5 Å². The minimum Gasteiger partial charge on any atom is -0.342 e. The molecule has 2 aromatic rings.